The second-order valence-corrected chi connectivity index (χ2v) is 3.85. The van der Waals surface area contributed by atoms with Crippen molar-refractivity contribution in [2.24, 2.45) is 0 Å². The smallest absolute Gasteiger partial charge is 0.251 e. The van der Waals surface area contributed by atoms with E-state index in [0.717, 1.165) is 12.0 Å². The number of hydrogen-bond donors (Lipinski definition) is 2. The normalized spacial score (nSPS) is 9.76. The molecule has 1 aromatic rings. The third-order valence-electron chi connectivity index (χ3n) is 2.37. The lowest BCUT2D eigenvalue weighted by Crippen LogP contribution is -2.37. The van der Waals surface area contributed by atoms with Gasteiger partial charge in [-0.05, 0) is 25.0 Å². The molecule has 0 unspecified atom stereocenters. The Morgan fingerprint density at radius 2 is 1.88 bits per heavy atom. The molecule has 0 aliphatic carbocycles. The number of benzene rings is 1. The highest BCUT2D eigenvalue weighted by atomic mass is 16.2. The summed E-state index contributed by atoms with van der Waals surface area (Å²) in [6.45, 7) is 4.50. The van der Waals surface area contributed by atoms with Gasteiger partial charge in [0.1, 0.15) is 0 Å². The molecule has 1 rings (SSSR count). The topological polar surface area (TPSA) is 58.2 Å². The summed E-state index contributed by atoms with van der Waals surface area (Å²) in [4.78, 5) is 23.0. The quantitative estimate of drug-likeness (QED) is 0.805. The van der Waals surface area contributed by atoms with Crippen LogP contribution in [0.5, 0.6) is 0 Å². The van der Waals surface area contributed by atoms with Gasteiger partial charge in [-0.2, -0.15) is 0 Å². The first-order chi connectivity index (χ1) is 8.15. The first kappa shape index (κ1) is 13.2. The lowest BCUT2D eigenvalue weighted by atomic mass is 10.1. The molecule has 92 valence electrons. The molecular weight excluding hydrogens is 216 g/mol. The second-order valence-electron chi connectivity index (χ2n) is 3.85. The largest absolute Gasteiger partial charge is 0.355 e. The fourth-order valence-corrected chi connectivity index (χ4v) is 1.41. The maximum Gasteiger partial charge on any atom is 0.251 e. The zero-order valence-corrected chi connectivity index (χ0v) is 10.2. The van der Waals surface area contributed by atoms with Crippen molar-refractivity contribution in [3.63, 3.8) is 0 Å². The number of hydrogen-bond acceptors (Lipinski definition) is 2. The molecule has 0 atom stereocenters. The average molecular weight is 234 g/mol. The van der Waals surface area contributed by atoms with Crippen molar-refractivity contribution in [1.29, 1.82) is 0 Å². The molecule has 4 heteroatoms. The Bertz CT molecular complexity index is 402. The predicted octanol–water partition coefficient (Wildman–Crippen LogP) is 1.25. The van der Waals surface area contributed by atoms with Crippen molar-refractivity contribution in [2.45, 2.75) is 20.3 Å². The van der Waals surface area contributed by atoms with Crippen molar-refractivity contribution in [1.82, 2.24) is 10.6 Å². The van der Waals surface area contributed by atoms with Crippen LogP contribution in [0.2, 0.25) is 0 Å². The van der Waals surface area contributed by atoms with E-state index in [1.54, 1.807) is 12.1 Å². The van der Waals surface area contributed by atoms with Crippen molar-refractivity contribution in [2.75, 3.05) is 13.1 Å². The van der Waals surface area contributed by atoms with Gasteiger partial charge in [0.25, 0.3) is 5.91 Å². The molecule has 2 amide bonds. The van der Waals surface area contributed by atoms with Crippen LogP contribution in [0.1, 0.15) is 29.3 Å². The van der Waals surface area contributed by atoms with E-state index in [2.05, 4.69) is 10.6 Å². The summed E-state index contributed by atoms with van der Waals surface area (Å²) in [6.07, 6.45) is 0.886. The van der Waals surface area contributed by atoms with Crippen LogP contribution in [0.4, 0.5) is 0 Å². The Morgan fingerprint density at radius 1 is 1.18 bits per heavy atom. The summed E-state index contributed by atoms with van der Waals surface area (Å²) in [5, 5.41) is 5.30. The van der Waals surface area contributed by atoms with Crippen LogP contribution in [-0.4, -0.2) is 24.9 Å². The van der Waals surface area contributed by atoms with Gasteiger partial charge in [-0.25, -0.2) is 0 Å². The predicted molar refractivity (Wildman–Crippen MR) is 66.8 cm³/mol. The van der Waals surface area contributed by atoms with Gasteiger partial charge in [-0.15, -0.1) is 0 Å². The van der Waals surface area contributed by atoms with Gasteiger partial charge in [0.15, 0.2) is 0 Å². The fourth-order valence-electron chi connectivity index (χ4n) is 1.41. The summed E-state index contributed by atoms with van der Waals surface area (Å²) < 4.78 is 0. The summed E-state index contributed by atoms with van der Waals surface area (Å²) >= 11 is 0. The Balaban J connectivity index is 2.45. The first-order valence-electron chi connectivity index (χ1n) is 5.75. The van der Waals surface area contributed by atoms with Crippen molar-refractivity contribution in [3.05, 3.63) is 35.4 Å². The van der Waals surface area contributed by atoms with E-state index in [9.17, 15) is 9.59 Å². The molecule has 0 saturated carbocycles. The Hall–Kier alpha value is -1.84. The van der Waals surface area contributed by atoms with Crippen molar-refractivity contribution < 1.29 is 9.59 Å². The molecule has 0 saturated heterocycles. The molecule has 0 fully saturated rings. The molecule has 1 aromatic carbocycles. The van der Waals surface area contributed by atoms with Crippen LogP contribution < -0.4 is 10.6 Å². The van der Waals surface area contributed by atoms with Gasteiger partial charge in [0.2, 0.25) is 5.91 Å². The lowest BCUT2D eigenvalue weighted by molar-refractivity contribution is -0.120. The number of nitrogens with one attached hydrogen (secondary N) is 2. The number of rotatable bonds is 5. The Labute approximate surface area is 101 Å². The number of carbonyl (C=O) groups is 2. The van der Waals surface area contributed by atoms with Gasteiger partial charge in [-0.1, -0.05) is 25.1 Å². The van der Waals surface area contributed by atoms with E-state index in [0.29, 0.717) is 12.1 Å². The standard InChI is InChI=1S/C13H18N2O2/c1-3-8-14-12(16)9-15-13(17)11-7-5-4-6-10(11)2/h4-7H,3,8-9H2,1-2H3,(H,14,16)(H,15,17). The SMILES string of the molecule is CCCNC(=O)CNC(=O)c1ccccc1C. The van der Waals surface area contributed by atoms with Crippen molar-refractivity contribution in [3.8, 4) is 0 Å². The Kier molecular flexibility index (Phi) is 5.20. The Morgan fingerprint density at radius 3 is 2.53 bits per heavy atom. The molecule has 0 radical (unpaired) electrons. The second kappa shape index (κ2) is 6.68. The zero-order chi connectivity index (χ0) is 12.7. The highest BCUT2D eigenvalue weighted by Gasteiger charge is 2.09. The minimum atomic E-state index is -0.213. The maximum absolute atomic E-state index is 11.8. The molecule has 0 bridgehead atoms. The van der Waals surface area contributed by atoms with Gasteiger partial charge in [-0.3, -0.25) is 9.59 Å². The molecule has 0 aliphatic heterocycles. The third kappa shape index (κ3) is 4.26. The molecule has 0 heterocycles. The molecule has 0 aromatic heterocycles. The van der Waals surface area contributed by atoms with E-state index in [1.807, 2.05) is 26.0 Å². The summed E-state index contributed by atoms with van der Waals surface area (Å²) in [7, 11) is 0. The molecule has 2 N–H and O–H groups in total. The lowest BCUT2D eigenvalue weighted by Gasteiger charge is -2.07. The minimum Gasteiger partial charge on any atom is -0.355 e. The molecule has 4 nitrogen and oxygen atoms in total. The van der Waals surface area contributed by atoms with Gasteiger partial charge >= 0.3 is 0 Å². The molecule has 0 spiro atoms. The monoisotopic (exact) mass is 234 g/mol. The number of aryl methyl sites for hydroxylation is 1. The molecular formula is C13H18N2O2. The van der Waals surface area contributed by atoms with Crippen LogP contribution in [0.3, 0.4) is 0 Å². The van der Waals surface area contributed by atoms with Crippen LogP contribution in [-0.2, 0) is 4.79 Å². The van der Waals surface area contributed by atoms with Crippen LogP contribution in [0.15, 0.2) is 24.3 Å². The van der Waals surface area contributed by atoms with Gasteiger partial charge < -0.3 is 10.6 Å². The van der Waals surface area contributed by atoms with Crippen LogP contribution in [0, 0.1) is 6.92 Å². The van der Waals surface area contributed by atoms with E-state index in [1.165, 1.54) is 0 Å². The van der Waals surface area contributed by atoms with Gasteiger partial charge in [0.05, 0.1) is 6.54 Å². The van der Waals surface area contributed by atoms with Gasteiger partial charge in [0, 0.05) is 12.1 Å². The number of carbonyl (C=O) groups excluding carboxylic acids is 2. The summed E-state index contributed by atoms with van der Waals surface area (Å²) in [5.74, 6) is -0.372. The van der Waals surface area contributed by atoms with E-state index < -0.39 is 0 Å². The molecule has 0 aliphatic rings. The first-order valence-corrected chi connectivity index (χ1v) is 5.75. The maximum atomic E-state index is 11.8. The third-order valence-corrected chi connectivity index (χ3v) is 2.37. The van der Waals surface area contributed by atoms with Crippen LogP contribution in [0.25, 0.3) is 0 Å². The van der Waals surface area contributed by atoms with E-state index >= 15 is 0 Å². The summed E-state index contributed by atoms with van der Waals surface area (Å²) in [6, 6.07) is 7.29. The molecule has 17 heavy (non-hydrogen) atoms. The zero-order valence-electron chi connectivity index (χ0n) is 10.2. The summed E-state index contributed by atoms with van der Waals surface area (Å²) in [5.41, 5.74) is 1.51. The van der Waals surface area contributed by atoms with E-state index in [4.69, 9.17) is 0 Å². The van der Waals surface area contributed by atoms with Crippen molar-refractivity contribution >= 4 is 11.8 Å². The minimum absolute atomic E-state index is 0.0210. The average Bonchev–Trinajstić information content (AvgIpc) is 2.34. The number of amides is 2. The van der Waals surface area contributed by atoms with Crippen LogP contribution >= 0.6 is 0 Å². The van der Waals surface area contributed by atoms with E-state index in [-0.39, 0.29) is 18.4 Å². The fraction of sp³-hybridized carbons (Fsp3) is 0.385. The highest BCUT2D eigenvalue weighted by molar-refractivity contribution is 5.97. The highest BCUT2D eigenvalue weighted by Crippen LogP contribution is 2.05.